The maximum absolute atomic E-state index is 6.15. The second-order valence-corrected chi connectivity index (χ2v) is 7.26. The molecule has 108 valence electrons. The van der Waals surface area contributed by atoms with Gasteiger partial charge in [0.05, 0.1) is 0 Å². The molecule has 2 nitrogen and oxygen atoms in total. The van der Waals surface area contributed by atoms with Crippen LogP contribution in [0.5, 0.6) is 0 Å². The first-order valence-electron chi connectivity index (χ1n) is 7.46. The predicted octanol–water partition coefficient (Wildman–Crippen LogP) is 3.22. The Balaban J connectivity index is 2.63. The summed E-state index contributed by atoms with van der Waals surface area (Å²) in [6, 6.07) is 0. The third-order valence-electron chi connectivity index (χ3n) is 4.96. The number of nitrogens with zero attached hydrogens (tertiary/aromatic N) is 1. The minimum Gasteiger partial charge on any atom is -0.329 e. The van der Waals surface area contributed by atoms with E-state index in [9.17, 15) is 0 Å². The van der Waals surface area contributed by atoms with E-state index in [0.717, 1.165) is 18.4 Å². The van der Waals surface area contributed by atoms with Crippen molar-refractivity contribution >= 4 is 11.8 Å². The molecule has 1 saturated carbocycles. The van der Waals surface area contributed by atoms with Gasteiger partial charge in [0.25, 0.3) is 0 Å². The van der Waals surface area contributed by atoms with Crippen LogP contribution in [-0.4, -0.2) is 42.6 Å². The van der Waals surface area contributed by atoms with E-state index in [1.54, 1.807) is 0 Å². The van der Waals surface area contributed by atoms with Gasteiger partial charge in [-0.25, -0.2) is 0 Å². The zero-order chi connectivity index (χ0) is 13.6. The molecular formula is C15H32N2S. The first kappa shape index (κ1) is 16.3. The van der Waals surface area contributed by atoms with E-state index in [0.29, 0.717) is 0 Å². The zero-order valence-corrected chi connectivity index (χ0v) is 13.6. The second-order valence-electron chi connectivity index (χ2n) is 6.28. The summed E-state index contributed by atoms with van der Waals surface area (Å²) in [6.07, 6.45) is 8.87. The van der Waals surface area contributed by atoms with Crippen molar-refractivity contribution in [2.24, 2.45) is 17.6 Å². The molecule has 0 aromatic carbocycles. The maximum atomic E-state index is 6.15. The molecule has 0 saturated heterocycles. The van der Waals surface area contributed by atoms with Gasteiger partial charge < -0.3 is 5.73 Å². The van der Waals surface area contributed by atoms with Crippen LogP contribution in [0.25, 0.3) is 0 Å². The molecule has 1 fully saturated rings. The van der Waals surface area contributed by atoms with Crippen LogP contribution in [0.1, 0.15) is 46.0 Å². The van der Waals surface area contributed by atoms with Gasteiger partial charge in [-0.1, -0.05) is 26.7 Å². The van der Waals surface area contributed by atoms with Gasteiger partial charge in [-0.15, -0.1) is 0 Å². The first-order chi connectivity index (χ1) is 8.55. The maximum Gasteiger partial charge on any atom is 0.0329 e. The van der Waals surface area contributed by atoms with Crippen LogP contribution in [0.15, 0.2) is 0 Å². The van der Waals surface area contributed by atoms with E-state index in [1.165, 1.54) is 44.4 Å². The van der Waals surface area contributed by atoms with Crippen LogP contribution in [0, 0.1) is 11.8 Å². The van der Waals surface area contributed by atoms with Crippen molar-refractivity contribution in [3.63, 3.8) is 0 Å². The van der Waals surface area contributed by atoms with E-state index in [1.807, 2.05) is 11.8 Å². The summed E-state index contributed by atoms with van der Waals surface area (Å²) in [4.78, 5) is 2.55. The van der Waals surface area contributed by atoms with Gasteiger partial charge in [0.2, 0.25) is 0 Å². The van der Waals surface area contributed by atoms with Crippen LogP contribution in [0.3, 0.4) is 0 Å². The van der Waals surface area contributed by atoms with Crippen molar-refractivity contribution in [1.29, 1.82) is 0 Å². The van der Waals surface area contributed by atoms with Gasteiger partial charge in [0.1, 0.15) is 0 Å². The summed E-state index contributed by atoms with van der Waals surface area (Å²) in [7, 11) is 2.28. The van der Waals surface area contributed by atoms with Gasteiger partial charge in [-0.2, -0.15) is 11.8 Å². The first-order valence-corrected chi connectivity index (χ1v) is 8.85. The molecule has 0 aliphatic heterocycles. The molecule has 0 spiro atoms. The molecule has 1 aliphatic rings. The molecule has 18 heavy (non-hydrogen) atoms. The lowest BCUT2D eigenvalue weighted by Crippen LogP contribution is -2.52. The molecule has 3 heteroatoms. The molecule has 0 radical (unpaired) electrons. The smallest absolute Gasteiger partial charge is 0.0329 e. The average molecular weight is 273 g/mol. The Labute approximate surface area is 118 Å². The number of hydrogen-bond acceptors (Lipinski definition) is 3. The van der Waals surface area contributed by atoms with Gasteiger partial charge in [0, 0.05) is 24.4 Å². The van der Waals surface area contributed by atoms with Crippen LogP contribution in [0.4, 0.5) is 0 Å². The van der Waals surface area contributed by atoms with Crippen molar-refractivity contribution < 1.29 is 0 Å². The molecule has 0 aromatic rings. The average Bonchev–Trinajstić information content (AvgIpc) is 2.59. The molecule has 0 bridgehead atoms. The molecular weight excluding hydrogens is 240 g/mol. The van der Waals surface area contributed by atoms with Crippen LogP contribution in [-0.2, 0) is 0 Å². The molecule has 2 atom stereocenters. The molecule has 1 aliphatic carbocycles. The molecule has 0 heterocycles. The summed E-state index contributed by atoms with van der Waals surface area (Å²) in [5.74, 6) is 2.95. The molecule has 0 amide bonds. The van der Waals surface area contributed by atoms with Crippen molar-refractivity contribution in [3.05, 3.63) is 0 Å². The summed E-state index contributed by atoms with van der Waals surface area (Å²) in [5.41, 5.74) is 6.43. The Morgan fingerprint density at radius 2 is 2.06 bits per heavy atom. The largest absolute Gasteiger partial charge is 0.329 e. The zero-order valence-electron chi connectivity index (χ0n) is 12.7. The summed E-state index contributed by atoms with van der Waals surface area (Å²) in [5, 5.41) is 0. The summed E-state index contributed by atoms with van der Waals surface area (Å²) < 4.78 is 0. The third-order valence-corrected chi connectivity index (χ3v) is 5.55. The Morgan fingerprint density at radius 3 is 2.61 bits per heavy atom. The van der Waals surface area contributed by atoms with E-state index < -0.39 is 0 Å². The van der Waals surface area contributed by atoms with Crippen molar-refractivity contribution in [2.75, 3.05) is 32.1 Å². The lowest BCUT2D eigenvalue weighted by atomic mass is 9.85. The van der Waals surface area contributed by atoms with Gasteiger partial charge in [0.15, 0.2) is 0 Å². The van der Waals surface area contributed by atoms with Crippen LogP contribution in [0.2, 0.25) is 0 Å². The lowest BCUT2D eigenvalue weighted by molar-refractivity contribution is 0.112. The Bertz CT molecular complexity index is 233. The van der Waals surface area contributed by atoms with Crippen molar-refractivity contribution in [3.8, 4) is 0 Å². The van der Waals surface area contributed by atoms with Crippen LogP contribution >= 0.6 is 11.8 Å². The number of hydrogen-bond donors (Lipinski definition) is 1. The van der Waals surface area contributed by atoms with E-state index in [2.05, 4.69) is 32.1 Å². The molecule has 1 rings (SSSR count). The number of thioether (sulfide) groups is 1. The minimum atomic E-state index is 0.277. The van der Waals surface area contributed by atoms with Crippen LogP contribution < -0.4 is 5.73 Å². The Kier molecular flexibility index (Phi) is 7.04. The normalized spacial score (nSPS) is 29.8. The van der Waals surface area contributed by atoms with E-state index in [-0.39, 0.29) is 5.54 Å². The highest BCUT2D eigenvalue weighted by Gasteiger charge is 2.35. The fourth-order valence-corrected chi connectivity index (χ4v) is 3.75. The van der Waals surface area contributed by atoms with Crippen molar-refractivity contribution in [1.82, 2.24) is 4.90 Å². The number of nitrogens with two attached hydrogens (primary N) is 1. The standard InChI is InChI=1S/C15H32N2S/c1-13(2)14-6-5-8-15(12-16,9-7-14)17(3)10-11-18-4/h13-14H,5-12,16H2,1-4H3. The lowest BCUT2D eigenvalue weighted by Gasteiger charge is -2.41. The fraction of sp³-hybridized carbons (Fsp3) is 1.00. The highest BCUT2D eigenvalue weighted by atomic mass is 32.2. The Morgan fingerprint density at radius 1 is 1.33 bits per heavy atom. The van der Waals surface area contributed by atoms with E-state index >= 15 is 0 Å². The van der Waals surface area contributed by atoms with Gasteiger partial charge in [-0.3, -0.25) is 4.90 Å². The fourth-order valence-electron chi connectivity index (χ4n) is 3.29. The van der Waals surface area contributed by atoms with Crippen molar-refractivity contribution in [2.45, 2.75) is 51.5 Å². The predicted molar refractivity (Wildman–Crippen MR) is 84.2 cm³/mol. The summed E-state index contributed by atoms with van der Waals surface area (Å²) >= 11 is 1.93. The monoisotopic (exact) mass is 272 g/mol. The second kappa shape index (κ2) is 7.76. The number of likely N-dealkylation sites (N-methyl/N-ethyl adjacent to an activating group) is 1. The molecule has 2 unspecified atom stereocenters. The highest BCUT2D eigenvalue weighted by Crippen LogP contribution is 2.36. The topological polar surface area (TPSA) is 29.3 Å². The van der Waals surface area contributed by atoms with Gasteiger partial charge in [-0.05, 0) is 44.4 Å². The highest BCUT2D eigenvalue weighted by molar-refractivity contribution is 7.98. The Hall–Kier alpha value is 0.270. The number of rotatable bonds is 6. The molecule has 0 aromatic heterocycles. The minimum absolute atomic E-state index is 0.277. The third kappa shape index (κ3) is 4.14. The van der Waals surface area contributed by atoms with E-state index in [4.69, 9.17) is 5.73 Å². The van der Waals surface area contributed by atoms with Gasteiger partial charge >= 0.3 is 0 Å². The SMILES string of the molecule is CSCCN(C)C1(CN)CCCC(C(C)C)CC1. The summed E-state index contributed by atoms with van der Waals surface area (Å²) in [6.45, 7) is 6.74. The quantitative estimate of drug-likeness (QED) is 0.753. The molecule has 2 N–H and O–H groups in total.